The zero-order chi connectivity index (χ0) is 19.5. The van der Waals surface area contributed by atoms with Gasteiger partial charge in [-0.1, -0.05) is 39.0 Å². The van der Waals surface area contributed by atoms with E-state index in [1.165, 1.54) is 58.7 Å². The van der Waals surface area contributed by atoms with Gasteiger partial charge >= 0.3 is 0 Å². The van der Waals surface area contributed by atoms with Crippen LogP contribution in [0.3, 0.4) is 0 Å². The first-order valence-corrected chi connectivity index (χ1v) is 10.4. The average Bonchev–Trinajstić information content (AvgIpc) is 3.06. The zero-order valence-electron chi connectivity index (χ0n) is 17.2. The van der Waals surface area contributed by atoms with Crippen molar-refractivity contribution >= 4 is 21.9 Å². The van der Waals surface area contributed by atoms with Crippen molar-refractivity contribution in [3.05, 3.63) is 64.8 Å². The highest BCUT2D eigenvalue weighted by molar-refractivity contribution is 6.10. The van der Waals surface area contributed by atoms with E-state index >= 15 is 0 Å². The summed E-state index contributed by atoms with van der Waals surface area (Å²) in [6.07, 6.45) is 6.86. The van der Waals surface area contributed by atoms with Crippen LogP contribution in [0.2, 0.25) is 0 Å². The third kappa shape index (κ3) is 2.66. The quantitative estimate of drug-likeness (QED) is 0.356. The molecule has 0 N–H and O–H groups in total. The molecule has 142 valence electrons. The van der Waals surface area contributed by atoms with Crippen molar-refractivity contribution in [2.45, 2.75) is 58.8 Å². The summed E-state index contributed by atoms with van der Waals surface area (Å²) in [4.78, 5) is 4.73. The summed E-state index contributed by atoms with van der Waals surface area (Å²) in [6, 6.07) is 13.1. The summed E-state index contributed by atoms with van der Waals surface area (Å²) >= 11 is 0. The molecule has 2 aromatic heterocycles. The number of hydrogen-bond donors (Lipinski definition) is 0. The van der Waals surface area contributed by atoms with Gasteiger partial charge in [0.15, 0.2) is 5.58 Å². The van der Waals surface area contributed by atoms with E-state index in [4.69, 9.17) is 9.40 Å². The van der Waals surface area contributed by atoms with E-state index in [1.54, 1.807) is 0 Å². The Labute approximate surface area is 166 Å². The molecule has 0 radical (unpaired) electrons. The number of furan rings is 1. The minimum absolute atomic E-state index is 0.105. The summed E-state index contributed by atoms with van der Waals surface area (Å²) in [5.74, 6) is 0. The van der Waals surface area contributed by atoms with Gasteiger partial charge < -0.3 is 4.42 Å². The Hall–Kier alpha value is -2.61. The van der Waals surface area contributed by atoms with Crippen LogP contribution in [0.4, 0.5) is 0 Å². The van der Waals surface area contributed by atoms with Crippen LogP contribution in [-0.2, 0) is 18.3 Å². The van der Waals surface area contributed by atoms with Crippen LogP contribution in [-0.4, -0.2) is 4.98 Å². The molecule has 28 heavy (non-hydrogen) atoms. The number of nitrogens with zero attached hydrogens (tertiary/aromatic N) is 1. The summed E-state index contributed by atoms with van der Waals surface area (Å²) in [7, 11) is 0. The summed E-state index contributed by atoms with van der Waals surface area (Å²) < 4.78 is 6.45. The van der Waals surface area contributed by atoms with Crippen LogP contribution in [0.1, 0.15) is 55.9 Å². The normalized spacial score (nSPS) is 14.6. The van der Waals surface area contributed by atoms with E-state index in [9.17, 15) is 0 Å². The van der Waals surface area contributed by atoms with Gasteiger partial charge in [0.1, 0.15) is 11.3 Å². The first-order valence-electron chi connectivity index (χ1n) is 10.4. The Bertz CT molecular complexity index is 1210. The molecule has 0 spiro atoms. The van der Waals surface area contributed by atoms with Gasteiger partial charge in [-0.25, -0.2) is 0 Å². The van der Waals surface area contributed by atoms with Gasteiger partial charge in [0, 0.05) is 22.5 Å². The highest BCUT2D eigenvalue weighted by atomic mass is 16.3. The molecule has 2 nitrogen and oxygen atoms in total. The van der Waals surface area contributed by atoms with Gasteiger partial charge in [-0.05, 0) is 78.5 Å². The number of aromatic nitrogens is 1. The third-order valence-corrected chi connectivity index (χ3v) is 6.28. The minimum atomic E-state index is 0.105. The molecular weight excluding hydrogens is 342 g/mol. The SMILES string of the molecule is Cc1c2c(cc3oc4c(-c5cccc(C(C)(C)C)c5)nccc4c13)CCCC2. The summed E-state index contributed by atoms with van der Waals surface area (Å²) in [5.41, 5.74) is 9.81. The largest absolute Gasteiger partial charge is 0.454 e. The molecule has 4 aromatic rings. The van der Waals surface area contributed by atoms with Crippen LogP contribution in [0, 0.1) is 6.92 Å². The van der Waals surface area contributed by atoms with Crippen molar-refractivity contribution in [3.63, 3.8) is 0 Å². The maximum Gasteiger partial charge on any atom is 0.161 e. The molecule has 0 fully saturated rings. The van der Waals surface area contributed by atoms with Crippen LogP contribution >= 0.6 is 0 Å². The van der Waals surface area contributed by atoms with Crippen LogP contribution in [0.5, 0.6) is 0 Å². The van der Waals surface area contributed by atoms with Crippen molar-refractivity contribution in [3.8, 4) is 11.3 Å². The maximum atomic E-state index is 6.45. The molecule has 0 bridgehead atoms. The molecule has 2 heteroatoms. The lowest BCUT2D eigenvalue weighted by Gasteiger charge is -2.19. The number of hydrogen-bond acceptors (Lipinski definition) is 2. The number of rotatable bonds is 1. The summed E-state index contributed by atoms with van der Waals surface area (Å²) in [6.45, 7) is 9.00. The Kier molecular flexibility index (Phi) is 3.87. The maximum absolute atomic E-state index is 6.45. The van der Waals surface area contributed by atoms with Gasteiger partial charge in [-0.3, -0.25) is 4.98 Å². The molecule has 5 rings (SSSR count). The molecule has 0 atom stereocenters. The highest BCUT2D eigenvalue weighted by Crippen LogP contribution is 2.40. The smallest absolute Gasteiger partial charge is 0.161 e. The second-order valence-corrected chi connectivity index (χ2v) is 9.19. The van der Waals surface area contributed by atoms with Crippen molar-refractivity contribution < 1.29 is 4.42 Å². The van der Waals surface area contributed by atoms with Crippen molar-refractivity contribution in [1.29, 1.82) is 0 Å². The fraction of sp³-hybridized carbons (Fsp3) is 0.346. The minimum Gasteiger partial charge on any atom is -0.454 e. The Morgan fingerprint density at radius 3 is 2.64 bits per heavy atom. The molecular formula is C26H27NO. The molecule has 2 heterocycles. The number of fused-ring (bicyclic) bond motifs is 4. The lowest BCUT2D eigenvalue weighted by molar-refractivity contribution is 0.590. The van der Waals surface area contributed by atoms with Crippen molar-refractivity contribution in [1.82, 2.24) is 4.98 Å². The topological polar surface area (TPSA) is 26.0 Å². The Morgan fingerprint density at radius 2 is 1.82 bits per heavy atom. The first kappa shape index (κ1) is 17.5. The highest BCUT2D eigenvalue weighted by Gasteiger charge is 2.21. The van der Waals surface area contributed by atoms with Crippen LogP contribution in [0.15, 0.2) is 47.0 Å². The van der Waals surface area contributed by atoms with Gasteiger partial charge in [-0.15, -0.1) is 0 Å². The van der Waals surface area contributed by atoms with E-state index in [0.29, 0.717) is 0 Å². The molecule has 0 aliphatic heterocycles. The second kappa shape index (κ2) is 6.20. The third-order valence-electron chi connectivity index (χ3n) is 6.28. The fourth-order valence-corrected chi connectivity index (χ4v) is 4.69. The summed E-state index contributed by atoms with van der Waals surface area (Å²) in [5, 5.41) is 2.46. The molecule has 0 saturated heterocycles. The van der Waals surface area contributed by atoms with Crippen molar-refractivity contribution in [2.24, 2.45) is 0 Å². The predicted molar refractivity (Wildman–Crippen MR) is 117 cm³/mol. The first-order chi connectivity index (χ1) is 13.4. The molecule has 0 saturated carbocycles. The van der Waals surface area contributed by atoms with E-state index < -0.39 is 0 Å². The molecule has 2 aromatic carbocycles. The van der Waals surface area contributed by atoms with Crippen LogP contribution < -0.4 is 0 Å². The second-order valence-electron chi connectivity index (χ2n) is 9.19. The molecule has 0 unspecified atom stereocenters. The molecule has 1 aliphatic rings. The van der Waals surface area contributed by atoms with Gasteiger partial charge in [-0.2, -0.15) is 0 Å². The van der Waals surface area contributed by atoms with Crippen molar-refractivity contribution in [2.75, 3.05) is 0 Å². The number of aryl methyl sites for hydroxylation is 2. The van der Waals surface area contributed by atoms with E-state index in [2.05, 4.69) is 64.1 Å². The molecule has 0 amide bonds. The predicted octanol–water partition coefficient (Wildman–Crippen LogP) is 7.13. The van der Waals surface area contributed by atoms with Crippen LogP contribution in [0.25, 0.3) is 33.2 Å². The van der Waals surface area contributed by atoms with E-state index in [-0.39, 0.29) is 5.41 Å². The Balaban J connectivity index is 1.78. The molecule has 1 aliphatic carbocycles. The lowest BCUT2D eigenvalue weighted by Crippen LogP contribution is -2.10. The monoisotopic (exact) mass is 369 g/mol. The lowest BCUT2D eigenvalue weighted by atomic mass is 9.85. The fourth-order valence-electron chi connectivity index (χ4n) is 4.69. The van der Waals surface area contributed by atoms with Gasteiger partial charge in [0.05, 0.1) is 0 Å². The van der Waals surface area contributed by atoms with E-state index in [1.807, 2.05) is 6.20 Å². The average molecular weight is 370 g/mol. The van der Waals surface area contributed by atoms with Gasteiger partial charge in [0.2, 0.25) is 0 Å². The number of pyridine rings is 1. The van der Waals surface area contributed by atoms with E-state index in [0.717, 1.165) is 22.4 Å². The Morgan fingerprint density at radius 1 is 1.00 bits per heavy atom. The standard InChI is InChI=1S/C26H27NO/c1-16-20-11-6-5-8-17(20)15-22-23(16)21-12-13-27-24(25(21)28-22)18-9-7-10-19(14-18)26(2,3)4/h7,9-10,12-15H,5-6,8,11H2,1-4H3. The zero-order valence-corrected chi connectivity index (χ0v) is 17.2. The number of benzene rings is 2. The van der Waals surface area contributed by atoms with Gasteiger partial charge in [0.25, 0.3) is 0 Å².